The molecule has 0 aromatic carbocycles. The van der Waals surface area contributed by atoms with E-state index in [1.807, 2.05) is 18.3 Å². The van der Waals surface area contributed by atoms with Gasteiger partial charge in [0.2, 0.25) is 0 Å². The van der Waals surface area contributed by atoms with E-state index in [2.05, 4.69) is 28.9 Å². The predicted molar refractivity (Wildman–Crippen MR) is 58.7 cm³/mol. The lowest BCUT2D eigenvalue weighted by Gasteiger charge is -2.02. The molecule has 1 nitrogen and oxygen atoms in total. The van der Waals surface area contributed by atoms with Crippen LogP contribution in [0.5, 0.6) is 0 Å². The highest BCUT2D eigenvalue weighted by molar-refractivity contribution is 9.10. The molecule has 2 N–H and O–H groups in total. The maximum atomic E-state index is 5.69. The fourth-order valence-electron chi connectivity index (χ4n) is 1.06. The first-order chi connectivity index (χ1) is 5.59. The molecule has 0 aliphatic heterocycles. The van der Waals surface area contributed by atoms with Crippen LogP contribution in [0.2, 0.25) is 0 Å². The standard InChI is InChI=1S/C9H14BrNS/c1-6(11)3-4-9-8(10)5-7(2)12-9/h5-6H,3-4,11H2,1-2H3/t6-/m1/s1. The summed E-state index contributed by atoms with van der Waals surface area (Å²) in [6.45, 7) is 4.18. The van der Waals surface area contributed by atoms with Crippen molar-refractivity contribution in [2.75, 3.05) is 0 Å². The number of halogens is 1. The molecule has 0 saturated carbocycles. The van der Waals surface area contributed by atoms with Crippen LogP contribution >= 0.6 is 27.3 Å². The van der Waals surface area contributed by atoms with Gasteiger partial charge in [-0.15, -0.1) is 11.3 Å². The Labute approximate surface area is 86.1 Å². The second-order valence-corrected chi connectivity index (χ2v) is 5.34. The number of rotatable bonds is 3. The number of nitrogens with two attached hydrogens (primary N) is 1. The van der Waals surface area contributed by atoms with Crippen LogP contribution in [0.15, 0.2) is 10.5 Å². The lowest BCUT2D eigenvalue weighted by molar-refractivity contribution is 0.669. The van der Waals surface area contributed by atoms with Crippen LogP contribution in [0.4, 0.5) is 0 Å². The largest absolute Gasteiger partial charge is 0.328 e. The summed E-state index contributed by atoms with van der Waals surface area (Å²) in [5, 5.41) is 0. The van der Waals surface area contributed by atoms with Crippen molar-refractivity contribution in [2.45, 2.75) is 32.7 Å². The Bertz CT molecular complexity index is 255. The SMILES string of the molecule is Cc1cc(Br)c(CC[C@@H](C)N)s1. The molecular weight excluding hydrogens is 234 g/mol. The Kier molecular flexibility index (Phi) is 3.75. The second kappa shape index (κ2) is 4.40. The zero-order valence-electron chi connectivity index (χ0n) is 7.43. The summed E-state index contributed by atoms with van der Waals surface area (Å²) in [5.74, 6) is 0. The van der Waals surface area contributed by atoms with Gasteiger partial charge in [0.1, 0.15) is 0 Å². The molecule has 0 aliphatic rings. The van der Waals surface area contributed by atoms with E-state index in [9.17, 15) is 0 Å². The molecule has 0 fully saturated rings. The Morgan fingerprint density at radius 1 is 1.67 bits per heavy atom. The predicted octanol–water partition coefficient (Wildman–Crippen LogP) is 3.10. The molecule has 0 unspecified atom stereocenters. The van der Waals surface area contributed by atoms with Crippen molar-refractivity contribution in [2.24, 2.45) is 5.73 Å². The molecule has 1 heterocycles. The molecule has 0 aliphatic carbocycles. The maximum Gasteiger partial charge on any atom is 0.0317 e. The monoisotopic (exact) mass is 247 g/mol. The smallest absolute Gasteiger partial charge is 0.0317 e. The van der Waals surface area contributed by atoms with Crippen LogP contribution in [-0.4, -0.2) is 6.04 Å². The molecule has 0 amide bonds. The molecule has 1 rings (SSSR count). The van der Waals surface area contributed by atoms with Crippen molar-refractivity contribution in [3.05, 3.63) is 20.3 Å². The van der Waals surface area contributed by atoms with Gasteiger partial charge in [-0.25, -0.2) is 0 Å². The van der Waals surface area contributed by atoms with Gasteiger partial charge in [-0.05, 0) is 48.7 Å². The van der Waals surface area contributed by atoms with E-state index in [1.54, 1.807) is 0 Å². The minimum Gasteiger partial charge on any atom is -0.328 e. The molecular formula is C9H14BrNS. The molecule has 0 saturated heterocycles. The molecule has 68 valence electrons. The third kappa shape index (κ3) is 2.88. The van der Waals surface area contributed by atoms with Gasteiger partial charge in [0, 0.05) is 20.3 Å². The summed E-state index contributed by atoms with van der Waals surface area (Å²) < 4.78 is 1.24. The first-order valence-electron chi connectivity index (χ1n) is 4.10. The fourth-order valence-corrected chi connectivity index (χ4v) is 2.94. The Morgan fingerprint density at radius 2 is 2.33 bits per heavy atom. The minimum absolute atomic E-state index is 0.305. The zero-order valence-corrected chi connectivity index (χ0v) is 9.83. The van der Waals surface area contributed by atoms with Crippen molar-refractivity contribution in [3.8, 4) is 0 Å². The fraction of sp³-hybridized carbons (Fsp3) is 0.556. The summed E-state index contributed by atoms with van der Waals surface area (Å²) in [5.41, 5.74) is 5.69. The van der Waals surface area contributed by atoms with E-state index in [0.717, 1.165) is 12.8 Å². The van der Waals surface area contributed by atoms with Crippen LogP contribution in [0.3, 0.4) is 0 Å². The average Bonchev–Trinajstić information content (AvgIpc) is 2.26. The summed E-state index contributed by atoms with van der Waals surface area (Å²) in [6, 6.07) is 2.47. The third-order valence-electron chi connectivity index (χ3n) is 1.71. The Balaban J connectivity index is 2.57. The topological polar surface area (TPSA) is 26.0 Å². The quantitative estimate of drug-likeness (QED) is 0.873. The molecule has 0 bridgehead atoms. The summed E-state index contributed by atoms with van der Waals surface area (Å²) in [4.78, 5) is 2.78. The van der Waals surface area contributed by atoms with Crippen molar-refractivity contribution >= 4 is 27.3 Å². The van der Waals surface area contributed by atoms with E-state index in [1.165, 1.54) is 14.2 Å². The highest BCUT2D eigenvalue weighted by Crippen LogP contribution is 2.27. The van der Waals surface area contributed by atoms with E-state index in [-0.39, 0.29) is 0 Å². The van der Waals surface area contributed by atoms with Gasteiger partial charge in [0.25, 0.3) is 0 Å². The normalized spacial score (nSPS) is 13.3. The van der Waals surface area contributed by atoms with Crippen LogP contribution in [0.25, 0.3) is 0 Å². The zero-order chi connectivity index (χ0) is 9.14. The van der Waals surface area contributed by atoms with Crippen LogP contribution < -0.4 is 5.73 Å². The van der Waals surface area contributed by atoms with Crippen LogP contribution in [0, 0.1) is 6.92 Å². The summed E-state index contributed by atoms with van der Waals surface area (Å²) in [6.07, 6.45) is 2.16. The van der Waals surface area contributed by atoms with Gasteiger partial charge in [-0.3, -0.25) is 0 Å². The Hall–Kier alpha value is 0.140. The first kappa shape index (κ1) is 10.2. The average molecular weight is 248 g/mol. The molecule has 12 heavy (non-hydrogen) atoms. The van der Waals surface area contributed by atoms with Crippen molar-refractivity contribution in [1.82, 2.24) is 0 Å². The van der Waals surface area contributed by atoms with Gasteiger partial charge in [0.15, 0.2) is 0 Å². The lowest BCUT2D eigenvalue weighted by Crippen LogP contribution is -2.15. The van der Waals surface area contributed by atoms with Crippen molar-refractivity contribution < 1.29 is 0 Å². The molecule has 1 aromatic rings. The first-order valence-corrected chi connectivity index (χ1v) is 5.71. The Morgan fingerprint density at radius 3 is 2.75 bits per heavy atom. The van der Waals surface area contributed by atoms with Crippen LogP contribution in [0.1, 0.15) is 23.1 Å². The molecule has 0 spiro atoms. The molecule has 1 aromatic heterocycles. The summed E-state index contributed by atoms with van der Waals surface area (Å²) >= 11 is 5.39. The van der Waals surface area contributed by atoms with Gasteiger partial charge in [-0.1, -0.05) is 0 Å². The van der Waals surface area contributed by atoms with E-state index in [0.29, 0.717) is 6.04 Å². The minimum atomic E-state index is 0.305. The number of hydrogen-bond donors (Lipinski definition) is 1. The van der Waals surface area contributed by atoms with E-state index >= 15 is 0 Å². The highest BCUT2D eigenvalue weighted by Gasteiger charge is 2.04. The van der Waals surface area contributed by atoms with Gasteiger partial charge < -0.3 is 5.73 Å². The number of thiophene rings is 1. The van der Waals surface area contributed by atoms with Gasteiger partial charge in [-0.2, -0.15) is 0 Å². The van der Waals surface area contributed by atoms with Crippen molar-refractivity contribution in [1.29, 1.82) is 0 Å². The maximum absolute atomic E-state index is 5.69. The second-order valence-electron chi connectivity index (χ2n) is 3.14. The van der Waals surface area contributed by atoms with E-state index in [4.69, 9.17) is 5.73 Å². The highest BCUT2D eigenvalue weighted by atomic mass is 79.9. The molecule has 1 atom stereocenters. The number of aryl methyl sites for hydroxylation is 2. The molecule has 0 radical (unpaired) electrons. The lowest BCUT2D eigenvalue weighted by atomic mass is 10.2. The van der Waals surface area contributed by atoms with Crippen LogP contribution in [-0.2, 0) is 6.42 Å². The van der Waals surface area contributed by atoms with Gasteiger partial charge in [0.05, 0.1) is 0 Å². The summed E-state index contributed by atoms with van der Waals surface area (Å²) in [7, 11) is 0. The van der Waals surface area contributed by atoms with Gasteiger partial charge >= 0.3 is 0 Å². The van der Waals surface area contributed by atoms with Crippen molar-refractivity contribution in [3.63, 3.8) is 0 Å². The molecule has 3 heteroatoms. The third-order valence-corrected chi connectivity index (χ3v) is 3.79. The van der Waals surface area contributed by atoms with E-state index < -0.39 is 0 Å². The number of hydrogen-bond acceptors (Lipinski definition) is 2.